The smallest absolute Gasteiger partial charge is 0.175 e. The number of benzene rings is 1. The fourth-order valence-electron chi connectivity index (χ4n) is 1.65. The second kappa shape index (κ2) is 6.87. The normalized spacial score (nSPS) is 13.5. The minimum atomic E-state index is -3.16. The zero-order valence-corrected chi connectivity index (χ0v) is 12.0. The molecule has 0 heterocycles. The Bertz CT molecular complexity index is 471. The molecule has 18 heavy (non-hydrogen) atoms. The molecule has 102 valence electrons. The summed E-state index contributed by atoms with van der Waals surface area (Å²) < 4.78 is 28.5. The van der Waals surface area contributed by atoms with Gasteiger partial charge in [0, 0.05) is 12.9 Å². The van der Waals surface area contributed by atoms with E-state index in [1.54, 1.807) is 18.2 Å². The van der Waals surface area contributed by atoms with Gasteiger partial charge in [0.25, 0.3) is 0 Å². The number of hydrogen-bond donors (Lipinski definition) is 1. The topological polar surface area (TPSA) is 55.4 Å². The lowest BCUT2D eigenvalue weighted by molar-refractivity contribution is 0.114. The van der Waals surface area contributed by atoms with Crippen LogP contribution >= 0.6 is 0 Å². The highest BCUT2D eigenvalue weighted by Gasteiger charge is 2.13. The molecule has 0 spiro atoms. The van der Waals surface area contributed by atoms with Crippen LogP contribution < -0.4 is 5.32 Å². The summed E-state index contributed by atoms with van der Waals surface area (Å²) in [6.07, 6.45) is 2.19. The van der Waals surface area contributed by atoms with Crippen molar-refractivity contribution >= 4 is 9.84 Å². The van der Waals surface area contributed by atoms with E-state index in [-0.39, 0.29) is 6.04 Å². The number of nitrogens with one attached hydrogen (secondary N) is 1. The first-order chi connectivity index (χ1) is 8.49. The van der Waals surface area contributed by atoms with Gasteiger partial charge in [-0.1, -0.05) is 19.1 Å². The van der Waals surface area contributed by atoms with Crippen molar-refractivity contribution in [3.63, 3.8) is 0 Å². The third kappa shape index (κ3) is 4.40. The van der Waals surface area contributed by atoms with Gasteiger partial charge < -0.3 is 10.1 Å². The van der Waals surface area contributed by atoms with Crippen LogP contribution in [0.4, 0.5) is 0 Å². The molecule has 0 aliphatic rings. The predicted molar refractivity (Wildman–Crippen MR) is 72.5 cm³/mol. The van der Waals surface area contributed by atoms with Crippen LogP contribution in [0.5, 0.6) is 0 Å². The predicted octanol–water partition coefficient (Wildman–Crippen LogP) is 1.78. The minimum Gasteiger partial charge on any atom is -0.379 e. The molecule has 0 aliphatic heterocycles. The number of hydrogen-bond acceptors (Lipinski definition) is 4. The summed E-state index contributed by atoms with van der Waals surface area (Å²) >= 11 is 0. The summed E-state index contributed by atoms with van der Waals surface area (Å²) in [4.78, 5) is 0.343. The average Bonchev–Trinajstić information content (AvgIpc) is 2.34. The molecule has 1 unspecified atom stereocenters. The summed E-state index contributed by atoms with van der Waals surface area (Å²) in [5.41, 5.74) is 0.927. The molecule has 0 aliphatic carbocycles. The average molecular weight is 271 g/mol. The molecule has 0 radical (unpaired) electrons. The number of sulfone groups is 1. The molecule has 0 aromatic heterocycles. The van der Waals surface area contributed by atoms with Crippen LogP contribution in [0.3, 0.4) is 0 Å². The lowest BCUT2D eigenvalue weighted by Gasteiger charge is -2.17. The van der Waals surface area contributed by atoms with Crippen molar-refractivity contribution < 1.29 is 13.2 Å². The van der Waals surface area contributed by atoms with Gasteiger partial charge in [-0.25, -0.2) is 8.42 Å². The van der Waals surface area contributed by atoms with Crippen molar-refractivity contribution in [2.75, 3.05) is 26.5 Å². The highest BCUT2D eigenvalue weighted by Crippen LogP contribution is 2.18. The maximum absolute atomic E-state index is 11.5. The third-order valence-electron chi connectivity index (χ3n) is 2.67. The van der Waals surface area contributed by atoms with E-state index in [0.29, 0.717) is 18.1 Å². The Morgan fingerprint density at radius 3 is 2.67 bits per heavy atom. The first-order valence-electron chi connectivity index (χ1n) is 6.04. The van der Waals surface area contributed by atoms with Crippen LogP contribution in [0.1, 0.15) is 24.9 Å². The van der Waals surface area contributed by atoms with Crippen molar-refractivity contribution in [1.82, 2.24) is 5.32 Å². The molecule has 5 heteroatoms. The quantitative estimate of drug-likeness (QED) is 0.768. The molecule has 4 nitrogen and oxygen atoms in total. The summed E-state index contributed by atoms with van der Waals surface area (Å²) in [6.45, 7) is 3.31. The molecule has 0 saturated carbocycles. The highest BCUT2D eigenvalue weighted by molar-refractivity contribution is 7.90. The molecule has 1 aromatic carbocycles. The van der Waals surface area contributed by atoms with Gasteiger partial charge in [0.05, 0.1) is 17.5 Å². The highest BCUT2D eigenvalue weighted by atomic mass is 32.2. The SMILES string of the molecule is CCCOCC(NC)c1cccc(S(C)(=O)=O)c1. The number of ether oxygens (including phenoxy) is 1. The van der Waals surface area contributed by atoms with E-state index in [9.17, 15) is 8.42 Å². The van der Waals surface area contributed by atoms with Crippen LogP contribution in [0.15, 0.2) is 29.2 Å². The Morgan fingerprint density at radius 1 is 1.39 bits per heavy atom. The Labute approximate surface area is 109 Å². The summed E-state index contributed by atoms with van der Waals surface area (Å²) in [6, 6.07) is 6.99. The maximum atomic E-state index is 11.5. The van der Waals surface area contributed by atoms with E-state index in [1.165, 1.54) is 6.26 Å². The number of rotatable bonds is 7. The summed E-state index contributed by atoms with van der Waals surface area (Å²) in [5.74, 6) is 0. The van der Waals surface area contributed by atoms with Gasteiger partial charge in [0.1, 0.15) is 0 Å². The lowest BCUT2D eigenvalue weighted by Crippen LogP contribution is -2.22. The van der Waals surface area contributed by atoms with Crippen molar-refractivity contribution in [3.05, 3.63) is 29.8 Å². The van der Waals surface area contributed by atoms with Gasteiger partial charge in [0.2, 0.25) is 0 Å². The van der Waals surface area contributed by atoms with E-state index in [0.717, 1.165) is 12.0 Å². The molecule has 0 bridgehead atoms. The van der Waals surface area contributed by atoms with Crippen molar-refractivity contribution in [2.24, 2.45) is 0 Å². The Morgan fingerprint density at radius 2 is 2.11 bits per heavy atom. The zero-order chi connectivity index (χ0) is 13.6. The second-order valence-corrected chi connectivity index (χ2v) is 6.28. The molecule has 1 atom stereocenters. The standard InChI is InChI=1S/C13H21NO3S/c1-4-8-17-10-13(14-2)11-6-5-7-12(9-11)18(3,15)16/h5-7,9,13-14H,4,8,10H2,1-3H3. The van der Waals surface area contributed by atoms with E-state index >= 15 is 0 Å². The number of likely N-dealkylation sites (N-methyl/N-ethyl adjacent to an activating group) is 1. The zero-order valence-electron chi connectivity index (χ0n) is 11.1. The van der Waals surface area contributed by atoms with Crippen molar-refractivity contribution in [1.29, 1.82) is 0 Å². The van der Waals surface area contributed by atoms with E-state index < -0.39 is 9.84 Å². The van der Waals surface area contributed by atoms with Crippen LogP contribution in [-0.4, -0.2) is 34.9 Å². The molecule has 1 rings (SSSR count). The van der Waals surface area contributed by atoms with Gasteiger partial charge in [-0.3, -0.25) is 0 Å². The lowest BCUT2D eigenvalue weighted by atomic mass is 10.1. The van der Waals surface area contributed by atoms with Crippen LogP contribution in [0.25, 0.3) is 0 Å². The van der Waals surface area contributed by atoms with Gasteiger partial charge >= 0.3 is 0 Å². The molecule has 0 saturated heterocycles. The Kier molecular flexibility index (Phi) is 5.78. The Balaban J connectivity index is 2.86. The summed E-state index contributed by atoms with van der Waals surface area (Å²) in [7, 11) is -1.32. The largest absolute Gasteiger partial charge is 0.379 e. The van der Waals surface area contributed by atoms with Crippen LogP contribution in [-0.2, 0) is 14.6 Å². The fraction of sp³-hybridized carbons (Fsp3) is 0.538. The monoisotopic (exact) mass is 271 g/mol. The van der Waals surface area contributed by atoms with Gasteiger partial charge in [-0.05, 0) is 31.2 Å². The maximum Gasteiger partial charge on any atom is 0.175 e. The Hall–Kier alpha value is -0.910. The van der Waals surface area contributed by atoms with Crippen LogP contribution in [0, 0.1) is 0 Å². The van der Waals surface area contributed by atoms with Gasteiger partial charge in [-0.15, -0.1) is 0 Å². The van der Waals surface area contributed by atoms with E-state index in [4.69, 9.17) is 4.74 Å². The second-order valence-electron chi connectivity index (χ2n) is 4.26. The van der Waals surface area contributed by atoms with E-state index in [2.05, 4.69) is 12.2 Å². The molecule has 0 fully saturated rings. The molecular weight excluding hydrogens is 250 g/mol. The molecule has 1 N–H and O–H groups in total. The van der Waals surface area contributed by atoms with Gasteiger partial charge in [-0.2, -0.15) is 0 Å². The van der Waals surface area contributed by atoms with E-state index in [1.807, 2.05) is 13.1 Å². The van der Waals surface area contributed by atoms with Crippen molar-refractivity contribution in [3.8, 4) is 0 Å². The van der Waals surface area contributed by atoms with Crippen LogP contribution in [0.2, 0.25) is 0 Å². The first-order valence-corrected chi connectivity index (χ1v) is 7.93. The fourth-order valence-corrected chi connectivity index (χ4v) is 2.33. The molecule has 1 aromatic rings. The molecule has 0 amide bonds. The molecular formula is C13H21NO3S. The summed E-state index contributed by atoms with van der Waals surface area (Å²) in [5, 5.41) is 3.14. The minimum absolute atomic E-state index is 0.0123. The van der Waals surface area contributed by atoms with Crippen molar-refractivity contribution in [2.45, 2.75) is 24.3 Å². The third-order valence-corrected chi connectivity index (χ3v) is 3.78. The van der Waals surface area contributed by atoms with Gasteiger partial charge in [0.15, 0.2) is 9.84 Å². The first kappa shape index (κ1) is 15.1.